The Morgan fingerprint density at radius 2 is 1.95 bits per heavy atom. The molecule has 19 heavy (non-hydrogen) atoms. The van der Waals surface area contributed by atoms with Crippen molar-refractivity contribution < 1.29 is 4.74 Å². The van der Waals surface area contributed by atoms with Gasteiger partial charge in [0, 0.05) is 19.3 Å². The highest BCUT2D eigenvalue weighted by Gasteiger charge is 2.10. The molecule has 0 heterocycles. The van der Waals surface area contributed by atoms with Crippen LogP contribution in [0.2, 0.25) is 0 Å². The minimum absolute atomic E-state index is 0.415. The number of benzene rings is 1. The maximum absolute atomic E-state index is 5.62. The summed E-state index contributed by atoms with van der Waals surface area (Å²) in [6.45, 7) is 9.24. The van der Waals surface area contributed by atoms with Crippen LogP contribution in [0.25, 0.3) is 0 Å². The van der Waals surface area contributed by atoms with E-state index in [4.69, 9.17) is 4.74 Å². The lowest BCUT2D eigenvalue weighted by molar-refractivity contribution is 0.124. The second-order valence-electron chi connectivity index (χ2n) is 5.01. The summed E-state index contributed by atoms with van der Waals surface area (Å²) >= 11 is 0. The number of hydrogen-bond acceptors (Lipinski definition) is 2. The predicted octanol–water partition coefficient (Wildman–Crippen LogP) is 4.11. The largest absolute Gasteiger partial charge is 0.381 e. The van der Waals surface area contributed by atoms with Gasteiger partial charge in [-0.15, -0.1) is 0 Å². The number of ether oxygens (including phenoxy) is 1. The molecular formula is C17H29NO. The van der Waals surface area contributed by atoms with Gasteiger partial charge in [-0.1, -0.05) is 51.5 Å². The molecule has 0 aliphatic rings. The average molecular weight is 263 g/mol. The summed E-state index contributed by atoms with van der Waals surface area (Å²) in [6.07, 6.45) is 4.51. The van der Waals surface area contributed by atoms with Crippen LogP contribution in [0.15, 0.2) is 24.3 Å². The van der Waals surface area contributed by atoms with Gasteiger partial charge in [0.05, 0.1) is 0 Å². The molecule has 0 amide bonds. The summed E-state index contributed by atoms with van der Waals surface area (Å²) in [7, 11) is 0. The van der Waals surface area contributed by atoms with Crippen molar-refractivity contribution in [1.82, 2.24) is 5.32 Å². The molecule has 0 saturated heterocycles. The second kappa shape index (κ2) is 9.99. The van der Waals surface area contributed by atoms with Gasteiger partial charge in [-0.2, -0.15) is 0 Å². The lowest BCUT2D eigenvalue weighted by Gasteiger charge is -2.19. The van der Waals surface area contributed by atoms with E-state index in [1.165, 1.54) is 24.0 Å². The fourth-order valence-electron chi connectivity index (χ4n) is 2.33. The van der Waals surface area contributed by atoms with Crippen LogP contribution in [-0.2, 0) is 11.2 Å². The van der Waals surface area contributed by atoms with E-state index in [1.807, 2.05) is 0 Å². The molecule has 0 fully saturated rings. The molecule has 0 bridgehead atoms. The third-order valence-corrected chi connectivity index (χ3v) is 3.24. The van der Waals surface area contributed by atoms with Gasteiger partial charge in [-0.05, 0) is 36.9 Å². The van der Waals surface area contributed by atoms with Crippen LogP contribution in [0.3, 0.4) is 0 Å². The number of aryl methyl sites for hydroxylation is 1. The molecule has 1 rings (SSSR count). The SMILES string of the molecule is CCCOCCC(NCC)c1cccc(CCC)c1. The van der Waals surface area contributed by atoms with Crippen LogP contribution < -0.4 is 5.32 Å². The highest BCUT2D eigenvalue weighted by molar-refractivity contribution is 5.26. The van der Waals surface area contributed by atoms with Gasteiger partial charge in [0.15, 0.2) is 0 Å². The fraction of sp³-hybridized carbons (Fsp3) is 0.647. The Hall–Kier alpha value is -0.860. The van der Waals surface area contributed by atoms with Crippen molar-refractivity contribution in [2.24, 2.45) is 0 Å². The Labute approximate surface area is 118 Å². The fourth-order valence-corrected chi connectivity index (χ4v) is 2.33. The van der Waals surface area contributed by atoms with E-state index in [2.05, 4.69) is 50.4 Å². The molecule has 1 aromatic carbocycles. The molecule has 1 aromatic rings. The quantitative estimate of drug-likeness (QED) is 0.642. The van der Waals surface area contributed by atoms with E-state index >= 15 is 0 Å². The van der Waals surface area contributed by atoms with E-state index in [-0.39, 0.29) is 0 Å². The summed E-state index contributed by atoms with van der Waals surface area (Å²) < 4.78 is 5.62. The van der Waals surface area contributed by atoms with Gasteiger partial charge in [0.2, 0.25) is 0 Å². The van der Waals surface area contributed by atoms with E-state index in [0.29, 0.717) is 6.04 Å². The Morgan fingerprint density at radius 3 is 2.63 bits per heavy atom. The monoisotopic (exact) mass is 263 g/mol. The molecule has 0 radical (unpaired) electrons. The van der Waals surface area contributed by atoms with Gasteiger partial charge in [0.1, 0.15) is 0 Å². The van der Waals surface area contributed by atoms with Crippen LogP contribution in [-0.4, -0.2) is 19.8 Å². The Morgan fingerprint density at radius 1 is 1.11 bits per heavy atom. The zero-order valence-corrected chi connectivity index (χ0v) is 12.7. The summed E-state index contributed by atoms with van der Waals surface area (Å²) in [4.78, 5) is 0. The summed E-state index contributed by atoms with van der Waals surface area (Å²) in [6, 6.07) is 9.39. The molecule has 1 atom stereocenters. The second-order valence-corrected chi connectivity index (χ2v) is 5.01. The zero-order chi connectivity index (χ0) is 13.9. The van der Waals surface area contributed by atoms with E-state index in [0.717, 1.165) is 32.6 Å². The molecule has 108 valence electrons. The molecule has 0 saturated carbocycles. The standard InChI is InChI=1S/C17H29NO/c1-4-8-15-9-7-10-16(14-15)17(18-6-3)11-13-19-12-5-2/h7,9-10,14,17-18H,4-6,8,11-13H2,1-3H3. The van der Waals surface area contributed by atoms with Gasteiger partial charge < -0.3 is 10.1 Å². The Kier molecular flexibility index (Phi) is 8.52. The summed E-state index contributed by atoms with van der Waals surface area (Å²) in [5.74, 6) is 0. The first-order chi connectivity index (χ1) is 9.31. The van der Waals surface area contributed by atoms with Crippen molar-refractivity contribution in [2.45, 2.75) is 52.5 Å². The van der Waals surface area contributed by atoms with Crippen molar-refractivity contribution in [3.8, 4) is 0 Å². The minimum Gasteiger partial charge on any atom is -0.381 e. The van der Waals surface area contributed by atoms with Crippen LogP contribution in [0.5, 0.6) is 0 Å². The van der Waals surface area contributed by atoms with Gasteiger partial charge >= 0.3 is 0 Å². The Balaban J connectivity index is 2.60. The number of hydrogen-bond donors (Lipinski definition) is 1. The molecule has 2 heteroatoms. The highest BCUT2D eigenvalue weighted by Crippen LogP contribution is 2.19. The third-order valence-electron chi connectivity index (χ3n) is 3.24. The van der Waals surface area contributed by atoms with E-state index in [1.54, 1.807) is 0 Å². The van der Waals surface area contributed by atoms with Crippen molar-refractivity contribution in [1.29, 1.82) is 0 Å². The number of nitrogens with one attached hydrogen (secondary N) is 1. The Bertz CT molecular complexity index is 338. The average Bonchev–Trinajstić information content (AvgIpc) is 2.43. The van der Waals surface area contributed by atoms with Crippen LogP contribution in [0.1, 0.15) is 57.2 Å². The minimum atomic E-state index is 0.415. The lowest BCUT2D eigenvalue weighted by atomic mass is 10.00. The maximum atomic E-state index is 5.62. The van der Waals surface area contributed by atoms with Gasteiger partial charge in [-0.3, -0.25) is 0 Å². The molecule has 1 N–H and O–H groups in total. The van der Waals surface area contributed by atoms with Crippen molar-refractivity contribution in [2.75, 3.05) is 19.8 Å². The molecule has 0 aliphatic carbocycles. The molecular weight excluding hydrogens is 234 g/mol. The first-order valence-electron chi connectivity index (χ1n) is 7.71. The van der Waals surface area contributed by atoms with E-state index in [9.17, 15) is 0 Å². The summed E-state index contributed by atoms with van der Waals surface area (Å²) in [5, 5.41) is 3.57. The van der Waals surface area contributed by atoms with Crippen LogP contribution >= 0.6 is 0 Å². The molecule has 0 aromatic heterocycles. The summed E-state index contributed by atoms with van der Waals surface area (Å²) in [5.41, 5.74) is 2.84. The zero-order valence-electron chi connectivity index (χ0n) is 12.7. The normalized spacial score (nSPS) is 12.6. The topological polar surface area (TPSA) is 21.3 Å². The van der Waals surface area contributed by atoms with Crippen molar-refractivity contribution in [3.05, 3.63) is 35.4 Å². The molecule has 1 unspecified atom stereocenters. The first kappa shape index (κ1) is 16.2. The van der Waals surface area contributed by atoms with Crippen molar-refractivity contribution in [3.63, 3.8) is 0 Å². The smallest absolute Gasteiger partial charge is 0.0484 e. The van der Waals surface area contributed by atoms with Crippen LogP contribution in [0.4, 0.5) is 0 Å². The van der Waals surface area contributed by atoms with Crippen molar-refractivity contribution >= 4 is 0 Å². The van der Waals surface area contributed by atoms with Crippen LogP contribution in [0, 0.1) is 0 Å². The van der Waals surface area contributed by atoms with Gasteiger partial charge in [-0.25, -0.2) is 0 Å². The maximum Gasteiger partial charge on any atom is 0.0484 e. The highest BCUT2D eigenvalue weighted by atomic mass is 16.5. The van der Waals surface area contributed by atoms with E-state index < -0.39 is 0 Å². The van der Waals surface area contributed by atoms with Gasteiger partial charge in [0.25, 0.3) is 0 Å². The predicted molar refractivity (Wildman–Crippen MR) is 82.6 cm³/mol. The third kappa shape index (κ3) is 6.22. The molecule has 0 aliphatic heterocycles. The first-order valence-corrected chi connectivity index (χ1v) is 7.71. The molecule has 2 nitrogen and oxygen atoms in total. The number of rotatable bonds is 10. The lowest BCUT2D eigenvalue weighted by Crippen LogP contribution is -2.22. The molecule has 0 spiro atoms.